The number of ether oxygens (including phenoxy) is 2. The first-order valence-electron chi connectivity index (χ1n) is 9.27. The van der Waals surface area contributed by atoms with Crippen LogP contribution in [0.5, 0.6) is 0 Å². The van der Waals surface area contributed by atoms with Gasteiger partial charge in [-0.15, -0.1) is 0 Å². The van der Waals surface area contributed by atoms with Crippen molar-refractivity contribution >= 4 is 29.6 Å². The average Bonchev–Trinajstić information content (AvgIpc) is 3.08. The Morgan fingerprint density at radius 3 is 2.57 bits per heavy atom. The lowest BCUT2D eigenvalue weighted by Gasteiger charge is -2.23. The van der Waals surface area contributed by atoms with Gasteiger partial charge in [0, 0.05) is 18.7 Å². The van der Waals surface area contributed by atoms with E-state index in [-0.39, 0.29) is 24.8 Å². The van der Waals surface area contributed by atoms with E-state index in [4.69, 9.17) is 4.74 Å². The van der Waals surface area contributed by atoms with Crippen molar-refractivity contribution in [2.24, 2.45) is 5.92 Å². The third kappa shape index (κ3) is 4.88. The van der Waals surface area contributed by atoms with Crippen molar-refractivity contribution in [3.05, 3.63) is 29.8 Å². The predicted molar refractivity (Wildman–Crippen MR) is 102 cm³/mol. The molecule has 1 aromatic carbocycles. The molecule has 1 fully saturated rings. The number of para-hydroxylation sites is 1. The molecule has 0 radical (unpaired) electrons. The number of nitrogens with one attached hydrogen (secondary N) is 1. The van der Waals surface area contributed by atoms with Gasteiger partial charge >= 0.3 is 12.1 Å². The van der Waals surface area contributed by atoms with E-state index in [0.717, 1.165) is 24.8 Å². The Kier molecular flexibility index (Phi) is 7.14. The summed E-state index contributed by atoms with van der Waals surface area (Å²) in [5.41, 5.74) is 1.85. The number of esters is 1. The summed E-state index contributed by atoms with van der Waals surface area (Å²) in [5, 5.41) is 1.94. The second-order valence-corrected chi connectivity index (χ2v) is 6.83. The molecule has 0 saturated carbocycles. The van der Waals surface area contributed by atoms with E-state index < -0.39 is 30.0 Å². The van der Waals surface area contributed by atoms with Crippen LogP contribution in [0, 0.1) is 5.92 Å². The zero-order valence-electron chi connectivity index (χ0n) is 16.6. The maximum absolute atomic E-state index is 12.5. The third-order valence-corrected chi connectivity index (χ3v) is 4.90. The number of hydrogen-bond acceptors (Lipinski definition) is 6. The Bertz CT molecular complexity index is 763. The van der Waals surface area contributed by atoms with Gasteiger partial charge in [0.2, 0.25) is 5.91 Å². The van der Waals surface area contributed by atoms with Gasteiger partial charge in [-0.05, 0) is 30.9 Å². The molecular formula is C20H26N2O6. The number of rotatable bonds is 6. The molecule has 1 heterocycles. The van der Waals surface area contributed by atoms with Crippen LogP contribution >= 0.6 is 0 Å². The monoisotopic (exact) mass is 390 g/mol. The van der Waals surface area contributed by atoms with E-state index >= 15 is 0 Å². The molecule has 3 atom stereocenters. The first kappa shape index (κ1) is 21.4. The van der Waals surface area contributed by atoms with Crippen molar-refractivity contribution < 1.29 is 28.7 Å². The maximum Gasteiger partial charge on any atom is 0.413 e. The minimum absolute atomic E-state index is 0.0129. The van der Waals surface area contributed by atoms with Crippen molar-refractivity contribution in [1.29, 1.82) is 0 Å². The average molecular weight is 390 g/mol. The fourth-order valence-electron chi connectivity index (χ4n) is 3.05. The fourth-order valence-corrected chi connectivity index (χ4v) is 3.05. The number of methoxy groups -OCH3 is 1. The molecule has 0 bridgehead atoms. The molecule has 0 aromatic heterocycles. The van der Waals surface area contributed by atoms with Crippen LogP contribution in [0.2, 0.25) is 0 Å². The highest BCUT2D eigenvalue weighted by atomic mass is 16.6. The SMILES string of the molecule is CC[C@@H](C)c1ccccc1N1C[C@@H](C(=O)O[C@@H](C)C(=O)NC(=O)OC)CC1=O. The molecule has 2 rings (SSSR count). The minimum atomic E-state index is -1.18. The summed E-state index contributed by atoms with van der Waals surface area (Å²) in [6.45, 7) is 5.71. The number of carbonyl (C=O) groups excluding carboxylic acids is 4. The summed E-state index contributed by atoms with van der Waals surface area (Å²) in [4.78, 5) is 49.4. The number of imide groups is 1. The van der Waals surface area contributed by atoms with Crippen molar-refractivity contribution in [3.63, 3.8) is 0 Å². The van der Waals surface area contributed by atoms with Crippen molar-refractivity contribution in [2.75, 3.05) is 18.6 Å². The van der Waals surface area contributed by atoms with Crippen LogP contribution in [-0.4, -0.2) is 43.6 Å². The summed E-state index contributed by atoms with van der Waals surface area (Å²) in [7, 11) is 1.12. The van der Waals surface area contributed by atoms with Gasteiger partial charge in [-0.1, -0.05) is 32.0 Å². The summed E-state index contributed by atoms with van der Waals surface area (Å²) in [6, 6.07) is 7.65. The molecule has 1 N–H and O–H groups in total. The zero-order chi connectivity index (χ0) is 20.8. The van der Waals surface area contributed by atoms with Crippen LogP contribution in [-0.2, 0) is 23.9 Å². The summed E-state index contributed by atoms with van der Waals surface area (Å²) in [6.07, 6.45) is -1.17. The van der Waals surface area contributed by atoms with Crippen LogP contribution in [0.3, 0.4) is 0 Å². The van der Waals surface area contributed by atoms with Crippen molar-refractivity contribution in [1.82, 2.24) is 5.32 Å². The lowest BCUT2D eigenvalue weighted by atomic mass is 9.96. The van der Waals surface area contributed by atoms with E-state index in [0.29, 0.717) is 0 Å². The van der Waals surface area contributed by atoms with Crippen LogP contribution in [0.4, 0.5) is 10.5 Å². The summed E-state index contributed by atoms with van der Waals surface area (Å²) < 4.78 is 9.47. The number of hydrogen-bond donors (Lipinski definition) is 1. The van der Waals surface area contributed by atoms with E-state index in [1.165, 1.54) is 6.92 Å². The first-order chi connectivity index (χ1) is 13.3. The number of anilines is 1. The van der Waals surface area contributed by atoms with Gasteiger partial charge in [0.05, 0.1) is 13.0 Å². The number of alkyl carbamates (subject to hydrolysis) is 1. The van der Waals surface area contributed by atoms with Gasteiger partial charge in [-0.25, -0.2) is 4.79 Å². The number of benzene rings is 1. The second kappa shape index (κ2) is 9.34. The molecule has 8 heteroatoms. The Morgan fingerprint density at radius 2 is 1.93 bits per heavy atom. The Labute approximate surface area is 164 Å². The third-order valence-electron chi connectivity index (χ3n) is 4.90. The van der Waals surface area contributed by atoms with Gasteiger partial charge in [0.1, 0.15) is 0 Å². The predicted octanol–water partition coefficient (Wildman–Crippen LogP) is 2.37. The number of nitrogens with zero attached hydrogens (tertiary/aromatic N) is 1. The highest BCUT2D eigenvalue weighted by Gasteiger charge is 2.38. The number of carbonyl (C=O) groups is 4. The molecule has 1 aliphatic heterocycles. The number of amides is 3. The summed E-state index contributed by atoms with van der Waals surface area (Å²) in [5.74, 6) is -2.00. The molecule has 0 spiro atoms. The molecule has 3 amide bonds. The standard InChI is InChI=1S/C20H26N2O6/c1-5-12(2)15-8-6-7-9-16(15)22-11-14(10-17(22)23)19(25)28-13(3)18(24)21-20(26)27-4/h6-9,12-14H,5,10-11H2,1-4H3,(H,21,24,26)/t12-,13+,14+/m1/s1. The van der Waals surface area contributed by atoms with E-state index in [9.17, 15) is 19.2 Å². The van der Waals surface area contributed by atoms with E-state index in [1.54, 1.807) is 4.90 Å². The Balaban J connectivity index is 2.06. The zero-order valence-corrected chi connectivity index (χ0v) is 16.6. The molecule has 1 saturated heterocycles. The normalized spacial score (nSPS) is 18.4. The highest BCUT2D eigenvalue weighted by Crippen LogP contribution is 2.33. The Hall–Kier alpha value is -2.90. The van der Waals surface area contributed by atoms with Crippen LogP contribution in [0.1, 0.15) is 45.1 Å². The Morgan fingerprint density at radius 1 is 1.25 bits per heavy atom. The van der Waals surface area contributed by atoms with Crippen LogP contribution < -0.4 is 10.2 Å². The lowest BCUT2D eigenvalue weighted by Crippen LogP contribution is -2.40. The maximum atomic E-state index is 12.5. The van der Waals surface area contributed by atoms with Crippen LogP contribution in [0.25, 0.3) is 0 Å². The van der Waals surface area contributed by atoms with Crippen molar-refractivity contribution in [3.8, 4) is 0 Å². The minimum Gasteiger partial charge on any atom is -0.453 e. The smallest absolute Gasteiger partial charge is 0.413 e. The van der Waals surface area contributed by atoms with Crippen molar-refractivity contribution in [2.45, 2.75) is 45.6 Å². The molecule has 152 valence electrons. The second-order valence-electron chi connectivity index (χ2n) is 6.83. The quantitative estimate of drug-likeness (QED) is 0.748. The molecule has 8 nitrogen and oxygen atoms in total. The van der Waals surface area contributed by atoms with Gasteiger partial charge in [-0.2, -0.15) is 0 Å². The highest BCUT2D eigenvalue weighted by molar-refractivity contribution is 6.00. The molecule has 28 heavy (non-hydrogen) atoms. The van der Waals surface area contributed by atoms with Gasteiger partial charge in [0.15, 0.2) is 6.10 Å². The van der Waals surface area contributed by atoms with Gasteiger partial charge < -0.3 is 14.4 Å². The van der Waals surface area contributed by atoms with Gasteiger partial charge in [-0.3, -0.25) is 19.7 Å². The molecule has 0 unspecified atom stereocenters. The molecular weight excluding hydrogens is 364 g/mol. The molecule has 1 aliphatic rings. The molecule has 1 aromatic rings. The summed E-state index contributed by atoms with van der Waals surface area (Å²) >= 11 is 0. The first-order valence-corrected chi connectivity index (χ1v) is 9.27. The van der Waals surface area contributed by atoms with E-state index in [2.05, 4.69) is 18.6 Å². The topological polar surface area (TPSA) is 102 Å². The van der Waals surface area contributed by atoms with E-state index in [1.807, 2.05) is 29.6 Å². The van der Waals surface area contributed by atoms with Gasteiger partial charge in [0.25, 0.3) is 5.91 Å². The fraction of sp³-hybridized carbons (Fsp3) is 0.500. The van der Waals surface area contributed by atoms with Crippen LogP contribution in [0.15, 0.2) is 24.3 Å². The lowest BCUT2D eigenvalue weighted by molar-refractivity contribution is -0.158. The largest absolute Gasteiger partial charge is 0.453 e. The molecule has 0 aliphatic carbocycles.